The predicted molar refractivity (Wildman–Crippen MR) is 99.2 cm³/mol. The molecule has 2 heteroatoms. The van der Waals surface area contributed by atoms with Crippen molar-refractivity contribution in [2.45, 2.75) is 39.5 Å². The number of alkyl halides is 1. The van der Waals surface area contributed by atoms with E-state index in [1.807, 2.05) is 30.3 Å². The fraction of sp³-hybridized carbons (Fsp3) is 0.350. The Morgan fingerprint density at radius 3 is 1.64 bits per heavy atom. The number of Topliss-reactive ketones (excluding diaryl/α,β-unsaturated/α-hetero) is 1. The minimum atomic E-state index is 0.135. The van der Waals surface area contributed by atoms with E-state index < -0.39 is 0 Å². The molecular weight excluding hydrogens is 336 g/mol. The SMILES string of the molecule is CC(C)c1ccc(C(=O)CBr)cc1.CC(C)c1ccccc1. The molecule has 0 saturated carbocycles. The number of halogens is 1. The van der Waals surface area contributed by atoms with Crippen LogP contribution in [0.5, 0.6) is 0 Å². The van der Waals surface area contributed by atoms with Crippen molar-refractivity contribution < 1.29 is 4.79 Å². The second-order valence-corrected chi connectivity index (χ2v) is 6.46. The van der Waals surface area contributed by atoms with E-state index in [0.29, 0.717) is 17.2 Å². The maximum Gasteiger partial charge on any atom is 0.173 e. The van der Waals surface area contributed by atoms with Gasteiger partial charge in [-0.3, -0.25) is 4.79 Å². The molecule has 118 valence electrons. The van der Waals surface area contributed by atoms with Crippen molar-refractivity contribution >= 4 is 21.7 Å². The highest BCUT2D eigenvalue weighted by Crippen LogP contribution is 2.15. The number of carbonyl (C=O) groups is 1. The second-order valence-electron chi connectivity index (χ2n) is 5.90. The van der Waals surface area contributed by atoms with Gasteiger partial charge >= 0.3 is 0 Å². The smallest absolute Gasteiger partial charge is 0.173 e. The molecule has 2 aromatic carbocycles. The number of hydrogen-bond acceptors (Lipinski definition) is 1. The first kappa shape index (κ1) is 18.6. The van der Waals surface area contributed by atoms with Crippen molar-refractivity contribution in [2.75, 3.05) is 5.33 Å². The minimum absolute atomic E-state index is 0.135. The molecule has 0 aliphatic rings. The normalized spacial score (nSPS) is 10.3. The summed E-state index contributed by atoms with van der Waals surface area (Å²) in [5, 5.41) is 0.397. The molecule has 0 aliphatic heterocycles. The van der Waals surface area contributed by atoms with E-state index in [9.17, 15) is 4.79 Å². The average molecular weight is 361 g/mol. The number of carbonyl (C=O) groups excluding carboxylic acids is 1. The lowest BCUT2D eigenvalue weighted by Gasteiger charge is -2.05. The van der Waals surface area contributed by atoms with Crippen LogP contribution in [0.3, 0.4) is 0 Å². The van der Waals surface area contributed by atoms with Crippen LogP contribution in [0, 0.1) is 0 Å². The maximum atomic E-state index is 11.2. The summed E-state index contributed by atoms with van der Waals surface area (Å²) in [4.78, 5) is 11.2. The Morgan fingerprint density at radius 1 is 0.818 bits per heavy atom. The van der Waals surface area contributed by atoms with Crippen LogP contribution in [0.2, 0.25) is 0 Å². The van der Waals surface area contributed by atoms with Crippen molar-refractivity contribution in [3.63, 3.8) is 0 Å². The van der Waals surface area contributed by atoms with Gasteiger partial charge in [0.2, 0.25) is 0 Å². The fourth-order valence-electron chi connectivity index (χ4n) is 1.97. The summed E-state index contributed by atoms with van der Waals surface area (Å²) in [5.41, 5.74) is 3.46. The summed E-state index contributed by atoms with van der Waals surface area (Å²) in [6.07, 6.45) is 0. The lowest BCUT2D eigenvalue weighted by atomic mass is 10.0. The third kappa shape index (κ3) is 6.15. The number of benzene rings is 2. The largest absolute Gasteiger partial charge is 0.293 e. The third-order valence-electron chi connectivity index (χ3n) is 3.49. The molecule has 0 radical (unpaired) electrons. The first-order chi connectivity index (χ1) is 10.5. The van der Waals surface area contributed by atoms with E-state index in [1.165, 1.54) is 11.1 Å². The number of ketones is 1. The van der Waals surface area contributed by atoms with E-state index >= 15 is 0 Å². The van der Waals surface area contributed by atoms with Crippen molar-refractivity contribution in [3.05, 3.63) is 71.3 Å². The highest BCUT2D eigenvalue weighted by molar-refractivity contribution is 9.09. The highest BCUT2D eigenvalue weighted by Gasteiger charge is 2.04. The van der Waals surface area contributed by atoms with Gasteiger partial charge in [-0.2, -0.15) is 0 Å². The Kier molecular flexibility index (Phi) is 8.11. The molecule has 0 N–H and O–H groups in total. The van der Waals surface area contributed by atoms with Gasteiger partial charge in [-0.1, -0.05) is 98.2 Å². The average Bonchev–Trinajstić information content (AvgIpc) is 2.55. The van der Waals surface area contributed by atoms with Crippen molar-refractivity contribution in [2.24, 2.45) is 0 Å². The topological polar surface area (TPSA) is 17.1 Å². The Bertz CT molecular complexity index is 556. The van der Waals surface area contributed by atoms with Crippen LogP contribution in [-0.4, -0.2) is 11.1 Å². The summed E-state index contributed by atoms with van der Waals surface area (Å²) in [6.45, 7) is 8.69. The molecular formula is C20H25BrO. The fourth-order valence-corrected chi connectivity index (χ4v) is 2.29. The van der Waals surface area contributed by atoms with Crippen molar-refractivity contribution in [3.8, 4) is 0 Å². The quantitative estimate of drug-likeness (QED) is 0.468. The molecule has 22 heavy (non-hydrogen) atoms. The van der Waals surface area contributed by atoms with Crippen LogP contribution in [0.25, 0.3) is 0 Å². The summed E-state index contributed by atoms with van der Waals surface area (Å²) in [5.74, 6) is 1.31. The monoisotopic (exact) mass is 360 g/mol. The molecule has 0 unspecified atom stereocenters. The van der Waals surface area contributed by atoms with Gasteiger partial charge in [0.25, 0.3) is 0 Å². The molecule has 0 aromatic heterocycles. The van der Waals surface area contributed by atoms with Gasteiger partial charge in [-0.05, 0) is 23.0 Å². The number of rotatable bonds is 4. The van der Waals surface area contributed by atoms with Gasteiger partial charge in [-0.15, -0.1) is 0 Å². The van der Waals surface area contributed by atoms with Gasteiger partial charge in [0, 0.05) is 5.56 Å². The molecule has 0 spiro atoms. The third-order valence-corrected chi connectivity index (χ3v) is 4.00. The molecule has 0 amide bonds. The molecule has 0 bridgehead atoms. The van der Waals surface area contributed by atoms with Crippen molar-refractivity contribution in [1.29, 1.82) is 0 Å². The Hall–Kier alpha value is -1.41. The van der Waals surface area contributed by atoms with Gasteiger partial charge in [0.15, 0.2) is 5.78 Å². The highest BCUT2D eigenvalue weighted by atomic mass is 79.9. The van der Waals surface area contributed by atoms with E-state index in [1.54, 1.807) is 0 Å². The maximum absolute atomic E-state index is 11.2. The molecule has 0 aliphatic carbocycles. The summed E-state index contributed by atoms with van der Waals surface area (Å²) < 4.78 is 0. The van der Waals surface area contributed by atoms with Gasteiger partial charge in [-0.25, -0.2) is 0 Å². The first-order valence-corrected chi connectivity index (χ1v) is 8.82. The zero-order valence-corrected chi connectivity index (χ0v) is 15.4. The molecule has 0 heterocycles. The van der Waals surface area contributed by atoms with Gasteiger partial charge in [0.1, 0.15) is 0 Å². The minimum Gasteiger partial charge on any atom is -0.293 e. The lowest BCUT2D eigenvalue weighted by molar-refractivity contribution is 0.102. The van der Waals surface area contributed by atoms with Crippen LogP contribution in [-0.2, 0) is 0 Å². The lowest BCUT2D eigenvalue weighted by Crippen LogP contribution is -1.99. The predicted octanol–water partition coefficient (Wildman–Crippen LogP) is 6.20. The van der Waals surface area contributed by atoms with Crippen LogP contribution >= 0.6 is 15.9 Å². The summed E-state index contributed by atoms with van der Waals surface area (Å²) >= 11 is 3.15. The zero-order chi connectivity index (χ0) is 16.5. The Morgan fingerprint density at radius 2 is 1.27 bits per heavy atom. The van der Waals surface area contributed by atoms with E-state index in [-0.39, 0.29) is 5.78 Å². The van der Waals surface area contributed by atoms with Crippen LogP contribution in [0.15, 0.2) is 54.6 Å². The van der Waals surface area contributed by atoms with Gasteiger partial charge < -0.3 is 0 Å². The van der Waals surface area contributed by atoms with Crippen LogP contribution in [0.4, 0.5) is 0 Å². The zero-order valence-electron chi connectivity index (χ0n) is 13.8. The first-order valence-electron chi connectivity index (χ1n) is 7.69. The van der Waals surface area contributed by atoms with Gasteiger partial charge in [0.05, 0.1) is 5.33 Å². The van der Waals surface area contributed by atoms with Crippen molar-refractivity contribution in [1.82, 2.24) is 0 Å². The molecule has 0 saturated heterocycles. The summed E-state index contributed by atoms with van der Waals surface area (Å²) in [7, 11) is 0. The van der Waals surface area contributed by atoms with Crippen LogP contribution < -0.4 is 0 Å². The Labute approximate surface area is 142 Å². The standard InChI is InChI=1S/C11H13BrO.C9H12/c1-8(2)9-3-5-10(6-4-9)11(13)7-12;1-8(2)9-6-4-3-5-7-9/h3-6,8H,7H2,1-2H3;3-8H,1-2H3. The summed E-state index contributed by atoms with van der Waals surface area (Å²) in [6, 6.07) is 18.3. The van der Waals surface area contributed by atoms with Crippen LogP contribution in [0.1, 0.15) is 61.0 Å². The molecule has 0 fully saturated rings. The molecule has 2 aromatic rings. The van der Waals surface area contributed by atoms with E-state index in [0.717, 1.165) is 5.56 Å². The molecule has 0 atom stereocenters. The van der Waals surface area contributed by atoms with E-state index in [4.69, 9.17) is 0 Å². The number of hydrogen-bond donors (Lipinski definition) is 0. The Balaban J connectivity index is 0.000000235. The second kappa shape index (κ2) is 9.58. The molecule has 2 rings (SSSR count). The molecule has 1 nitrogen and oxygen atoms in total. The van der Waals surface area contributed by atoms with E-state index in [2.05, 4.69) is 67.9 Å².